The third kappa shape index (κ3) is 2.63. The molecule has 8 heteroatoms. The van der Waals surface area contributed by atoms with Gasteiger partial charge in [-0.25, -0.2) is 4.68 Å². The van der Waals surface area contributed by atoms with Gasteiger partial charge in [0.1, 0.15) is 0 Å². The van der Waals surface area contributed by atoms with Crippen molar-refractivity contribution in [3.05, 3.63) is 34.1 Å². The molecule has 0 amide bonds. The van der Waals surface area contributed by atoms with E-state index >= 15 is 0 Å². The fourth-order valence-corrected chi connectivity index (χ4v) is 3.01. The molecule has 1 aromatic carbocycles. The number of carbonyl (C=O) groups is 1. The number of tetrazole rings is 1. The van der Waals surface area contributed by atoms with Crippen molar-refractivity contribution >= 4 is 27.6 Å². The molecule has 1 aliphatic rings. The van der Waals surface area contributed by atoms with Gasteiger partial charge in [-0.3, -0.25) is 4.79 Å². The van der Waals surface area contributed by atoms with Crippen molar-refractivity contribution in [3.8, 4) is 0 Å². The number of aromatic nitrogens is 4. The Kier molecular flexibility index (Phi) is 3.62. The number of anilines is 1. The average molecular weight is 352 g/mol. The highest BCUT2D eigenvalue weighted by Gasteiger charge is 2.30. The summed E-state index contributed by atoms with van der Waals surface area (Å²) in [5.74, 6) is -0.502. The van der Waals surface area contributed by atoms with Crippen LogP contribution in [-0.2, 0) is 18.4 Å². The predicted octanol–water partition coefficient (Wildman–Crippen LogP) is 1.55. The van der Waals surface area contributed by atoms with Crippen molar-refractivity contribution in [2.45, 2.75) is 18.9 Å². The van der Waals surface area contributed by atoms with Crippen LogP contribution in [0.4, 0.5) is 5.69 Å². The zero-order chi connectivity index (χ0) is 15.0. The van der Waals surface area contributed by atoms with Crippen LogP contribution in [0.2, 0.25) is 0 Å². The maximum absolute atomic E-state index is 11.4. The summed E-state index contributed by atoms with van der Waals surface area (Å²) in [6.07, 6.45) is 0.573. The van der Waals surface area contributed by atoms with E-state index in [1.807, 2.05) is 18.2 Å². The van der Waals surface area contributed by atoms with Crippen LogP contribution < -0.4 is 4.90 Å². The number of nitrogens with zero attached hydrogens (tertiary/aromatic N) is 5. The van der Waals surface area contributed by atoms with Gasteiger partial charge in [-0.05, 0) is 40.6 Å². The maximum Gasteiger partial charge on any atom is 0.311 e. The van der Waals surface area contributed by atoms with Crippen molar-refractivity contribution in [1.82, 2.24) is 20.2 Å². The van der Waals surface area contributed by atoms with Crippen molar-refractivity contribution in [1.29, 1.82) is 0 Å². The predicted molar refractivity (Wildman–Crippen MR) is 79.0 cm³/mol. The van der Waals surface area contributed by atoms with Crippen LogP contribution in [0.5, 0.6) is 0 Å². The molecule has 0 bridgehead atoms. The highest BCUT2D eigenvalue weighted by Crippen LogP contribution is 2.37. The Bertz CT molecular complexity index is 687. The number of aryl methyl sites for hydroxylation is 1. The molecule has 21 heavy (non-hydrogen) atoms. The van der Waals surface area contributed by atoms with Crippen LogP contribution in [-0.4, -0.2) is 37.8 Å². The smallest absolute Gasteiger partial charge is 0.311 e. The lowest BCUT2D eigenvalue weighted by atomic mass is 9.90. The molecule has 1 atom stereocenters. The largest absolute Gasteiger partial charge is 0.481 e. The Balaban J connectivity index is 1.96. The summed E-state index contributed by atoms with van der Waals surface area (Å²) in [4.78, 5) is 13.6. The minimum absolute atomic E-state index is 0.466. The van der Waals surface area contributed by atoms with E-state index in [1.165, 1.54) is 0 Å². The summed E-state index contributed by atoms with van der Waals surface area (Å²) in [5.41, 5.74) is 1.76. The normalized spacial score (nSPS) is 17.6. The lowest BCUT2D eigenvalue weighted by Gasteiger charge is -2.33. The van der Waals surface area contributed by atoms with Gasteiger partial charge >= 0.3 is 5.97 Å². The van der Waals surface area contributed by atoms with Gasteiger partial charge in [0.05, 0.1) is 12.5 Å². The van der Waals surface area contributed by atoms with Crippen molar-refractivity contribution in [2.75, 3.05) is 11.4 Å². The molecule has 1 N–H and O–H groups in total. The standard InChI is InChI=1S/C13H14BrN5O2/c1-18-12(15-16-17-18)7-19-5-4-9(13(20)21)10-6-8(14)2-3-11(10)19/h2-3,6,9H,4-5,7H2,1H3,(H,20,21). The maximum atomic E-state index is 11.4. The molecule has 0 spiro atoms. The van der Waals surface area contributed by atoms with Gasteiger partial charge in [0.15, 0.2) is 5.82 Å². The molecular weight excluding hydrogens is 338 g/mol. The zero-order valence-corrected chi connectivity index (χ0v) is 13.0. The Hall–Kier alpha value is -1.96. The highest BCUT2D eigenvalue weighted by molar-refractivity contribution is 9.10. The number of carboxylic acids is 1. The van der Waals surface area contributed by atoms with Crippen molar-refractivity contribution in [2.24, 2.45) is 7.05 Å². The SMILES string of the molecule is Cn1nnnc1CN1CCC(C(=O)O)c2cc(Br)ccc21. The summed E-state index contributed by atoms with van der Waals surface area (Å²) in [6.45, 7) is 1.23. The minimum atomic E-state index is -0.783. The first-order valence-corrected chi connectivity index (χ1v) is 7.34. The van der Waals surface area contributed by atoms with Crippen LogP contribution in [0.1, 0.15) is 23.7 Å². The van der Waals surface area contributed by atoms with Gasteiger partial charge in [0.2, 0.25) is 0 Å². The quantitative estimate of drug-likeness (QED) is 0.902. The molecule has 7 nitrogen and oxygen atoms in total. The lowest BCUT2D eigenvalue weighted by Crippen LogP contribution is -2.33. The molecule has 0 radical (unpaired) electrons. The number of benzene rings is 1. The number of aliphatic carboxylic acids is 1. The van der Waals surface area contributed by atoms with Crippen molar-refractivity contribution in [3.63, 3.8) is 0 Å². The molecule has 1 unspecified atom stereocenters. The van der Waals surface area contributed by atoms with Crippen LogP contribution in [0.15, 0.2) is 22.7 Å². The Morgan fingerprint density at radius 2 is 2.33 bits per heavy atom. The molecule has 110 valence electrons. The molecule has 0 fully saturated rings. The lowest BCUT2D eigenvalue weighted by molar-refractivity contribution is -0.139. The fraction of sp³-hybridized carbons (Fsp3) is 0.385. The molecule has 1 aromatic heterocycles. The molecule has 1 aliphatic heterocycles. The van der Waals surface area contributed by atoms with E-state index in [1.54, 1.807) is 11.7 Å². The fourth-order valence-electron chi connectivity index (χ4n) is 2.63. The van der Waals surface area contributed by atoms with Gasteiger partial charge < -0.3 is 10.0 Å². The van der Waals surface area contributed by atoms with Gasteiger partial charge in [0, 0.05) is 23.8 Å². The zero-order valence-electron chi connectivity index (χ0n) is 11.4. The average Bonchev–Trinajstić information content (AvgIpc) is 2.84. The molecule has 3 rings (SSSR count). The van der Waals surface area contributed by atoms with E-state index in [0.29, 0.717) is 19.5 Å². The van der Waals surface area contributed by atoms with E-state index < -0.39 is 11.9 Å². The molecule has 2 aromatic rings. The Morgan fingerprint density at radius 3 is 3.00 bits per heavy atom. The second-order valence-corrected chi connectivity index (χ2v) is 5.94. The van der Waals surface area contributed by atoms with Crippen molar-refractivity contribution < 1.29 is 9.90 Å². The number of halogens is 1. The molecular formula is C13H14BrN5O2. The first-order chi connectivity index (χ1) is 10.1. The summed E-state index contributed by atoms with van der Waals surface area (Å²) in [7, 11) is 1.79. The van der Waals surface area contributed by atoms with Gasteiger partial charge in [-0.1, -0.05) is 15.9 Å². The Morgan fingerprint density at radius 1 is 1.52 bits per heavy atom. The van der Waals surface area contributed by atoms with E-state index in [9.17, 15) is 9.90 Å². The first-order valence-electron chi connectivity index (χ1n) is 6.54. The van der Waals surface area contributed by atoms with Crippen LogP contribution in [0.3, 0.4) is 0 Å². The minimum Gasteiger partial charge on any atom is -0.481 e. The summed E-state index contributed by atoms with van der Waals surface area (Å²) < 4.78 is 2.51. The number of rotatable bonds is 3. The molecule has 0 saturated heterocycles. The number of carboxylic acid groups (broad SMARTS) is 1. The van der Waals surface area contributed by atoms with Gasteiger partial charge in [-0.15, -0.1) is 5.10 Å². The van der Waals surface area contributed by atoms with E-state index in [2.05, 4.69) is 36.4 Å². The number of hydrogen-bond donors (Lipinski definition) is 1. The van der Waals surface area contributed by atoms with Crippen LogP contribution in [0, 0.1) is 0 Å². The molecule has 0 saturated carbocycles. The topological polar surface area (TPSA) is 84.1 Å². The third-order valence-corrected chi connectivity index (χ3v) is 4.22. The highest BCUT2D eigenvalue weighted by atomic mass is 79.9. The monoisotopic (exact) mass is 351 g/mol. The van der Waals surface area contributed by atoms with Gasteiger partial charge in [0.25, 0.3) is 0 Å². The third-order valence-electron chi connectivity index (χ3n) is 3.73. The van der Waals surface area contributed by atoms with E-state index in [4.69, 9.17) is 0 Å². The summed E-state index contributed by atoms with van der Waals surface area (Å²) in [6, 6.07) is 5.75. The van der Waals surface area contributed by atoms with E-state index in [0.717, 1.165) is 21.5 Å². The molecule has 0 aliphatic carbocycles. The summed E-state index contributed by atoms with van der Waals surface area (Å²) >= 11 is 3.41. The number of fused-ring (bicyclic) bond motifs is 1. The number of hydrogen-bond acceptors (Lipinski definition) is 5. The summed E-state index contributed by atoms with van der Waals surface area (Å²) in [5, 5.41) is 20.8. The molecule has 2 heterocycles. The van der Waals surface area contributed by atoms with Crippen LogP contribution in [0.25, 0.3) is 0 Å². The van der Waals surface area contributed by atoms with Gasteiger partial charge in [-0.2, -0.15) is 0 Å². The van der Waals surface area contributed by atoms with E-state index in [-0.39, 0.29) is 0 Å². The Labute approximate surface area is 129 Å². The second-order valence-electron chi connectivity index (χ2n) is 5.02. The van der Waals surface area contributed by atoms with Crippen LogP contribution >= 0.6 is 15.9 Å². The first kappa shape index (κ1) is 14.0. The second kappa shape index (κ2) is 5.44.